The Morgan fingerprint density at radius 1 is 1.18 bits per heavy atom. The number of hydrogen-bond acceptors (Lipinski definition) is 4. The van der Waals surface area contributed by atoms with Gasteiger partial charge in [-0.2, -0.15) is 0 Å². The summed E-state index contributed by atoms with van der Waals surface area (Å²) >= 11 is 0. The molecule has 1 unspecified atom stereocenters. The van der Waals surface area contributed by atoms with Gasteiger partial charge in [0.05, 0.1) is 6.04 Å². The molecule has 1 aromatic heterocycles. The van der Waals surface area contributed by atoms with Crippen LogP contribution in [0.4, 0.5) is 5.69 Å². The Kier molecular flexibility index (Phi) is 7.36. The van der Waals surface area contributed by atoms with Crippen LogP contribution in [-0.2, 0) is 4.79 Å². The molecule has 0 fully saturated rings. The van der Waals surface area contributed by atoms with Crippen molar-refractivity contribution >= 4 is 24.0 Å². The van der Waals surface area contributed by atoms with Gasteiger partial charge in [-0.05, 0) is 42.8 Å². The van der Waals surface area contributed by atoms with Crippen molar-refractivity contribution in [1.29, 1.82) is 0 Å². The third-order valence-corrected chi connectivity index (χ3v) is 2.94. The highest BCUT2D eigenvalue weighted by Crippen LogP contribution is 2.22. The van der Waals surface area contributed by atoms with E-state index in [4.69, 9.17) is 10.5 Å². The van der Waals surface area contributed by atoms with Crippen LogP contribution < -0.4 is 15.8 Å². The third-order valence-electron chi connectivity index (χ3n) is 2.94. The zero-order valence-electron chi connectivity index (χ0n) is 12.4. The van der Waals surface area contributed by atoms with Crippen molar-refractivity contribution in [2.45, 2.75) is 25.8 Å². The molecule has 118 valence electrons. The Balaban J connectivity index is 0.00000242. The first kappa shape index (κ1) is 17.9. The van der Waals surface area contributed by atoms with E-state index >= 15 is 0 Å². The molecule has 1 atom stereocenters. The molecule has 1 amide bonds. The molecule has 0 saturated carbocycles. The van der Waals surface area contributed by atoms with E-state index < -0.39 is 6.04 Å². The maximum atomic E-state index is 11.8. The number of benzene rings is 1. The second-order valence-corrected chi connectivity index (χ2v) is 4.69. The van der Waals surface area contributed by atoms with Gasteiger partial charge in [-0.3, -0.25) is 9.78 Å². The summed E-state index contributed by atoms with van der Waals surface area (Å²) in [4.78, 5) is 15.7. The summed E-state index contributed by atoms with van der Waals surface area (Å²) in [6, 6.07) is 10.2. The van der Waals surface area contributed by atoms with Crippen LogP contribution >= 0.6 is 12.4 Å². The number of carbonyl (C=O) groups excluding carboxylic acids is 1. The van der Waals surface area contributed by atoms with Crippen LogP contribution in [0.2, 0.25) is 0 Å². The molecule has 0 aliphatic rings. The van der Waals surface area contributed by atoms with Gasteiger partial charge in [0.2, 0.25) is 5.91 Å². The summed E-state index contributed by atoms with van der Waals surface area (Å²) in [5.74, 6) is 1.24. The molecule has 0 aliphatic carbocycles. The van der Waals surface area contributed by atoms with Gasteiger partial charge in [0, 0.05) is 18.1 Å². The number of nitrogens with two attached hydrogens (primary N) is 1. The van der Waals surface area contributed by atoms with E-state index in [9.17, 15) is 4.79 Å². The maximum Gasteiger partial charge on any atom is 0.241 e. The van der Waals surface area contributed by atoms with Gasteiger partial charge in [-0.1, -0.05) is 13.3 Å². The van der Waals surface area contributed by atoms with E-state index in [-0.39, 0.29) is 18.3 Å². The first-order chi connectivity index (χ1) is 10.2. The fourth-order valence-corrected chi connectivity index (χ4v) is 1.83. The number of nitrogens with one attached hydrogen (secondary N) is 1. The molecule has 3 N–H and O–H groups in total. The Labute approximate surface area is 136 Å². The second kappa shape index (κ2) is 9.02. The van der Waals surface area contributed by atoms with Gasteiger partial charge in [0.15, 0.2) is 0 Å². The van der Waals surface area contributed by atoms with Gasteiger partial charge >= 0.3 is 0 Å². The van der Waals surface area contributed by atoms with Crippen LogP contribution in [0.25, 0.3) is 0 Å². The van der Waals surface area contributed by atoms with E-state index in [1.54, 1.807) is 48.8 Å². The number of rotatable bonds is 6. The number of aromatic nitrogens is 1. The Bertz CT molecular complexity index is 576. The summed E-state index contributed by atoms with van der Waals surface area (Å²) in [5.41, 5.74) is 6.47. The lowest BCUT2D eigenvalue weighted by atomic mass is 10.1. The molecule has 0 saturated heterocycles. The van der Waals surface area contributed by atoms with Crippen molar-refractivity contribution < 1.29 is 9.53 Å². The van der Waals surface area contributed by atoms with E-state index in [0.29, 0.717) is 23.6 Å². The summed E-state index contributed by atoms with van der Waals surface area (Å²) in [5, 5.41) is 2.79. The largest absolute Gasteiger partial charge is 0.457 e. The minimum Gasteiger partial charge on any atom is -0.457 e. The summed E-state index contributed by atoms with van der Waals surface area (Å²) in [7, 11) is 0. The van der Waals surface area contributed by atoms with E-state index in [1.807, 2.05) is 6.92 Å². The summed E-state index contributed by atoms with van der Waals surface area (Å²) in [6.45, 7) is 2.00. The topological polar surface area (TPSA) is 77.2 Å². The van der Waals surface area contributed by atoms with Gasteiger partial charge in [-0.15, -0.1) is 12.4 Å². The average Bonchev–Trinajstić information content (AvgIpc) is 2.50. The number of amides is 1. The predicted molar refractivity (Wildman–Crippen MR) is 89.5 cm³/mol. The molecule has 0 spiro atoms. The first-order valence-electron chi connectivity index (χ1n) is 6.93. The Morgan fingerprint density at radius 2 is 1.77 bits per heavy atom. The molecular formula is C16H20ClN3O2. The lowest BCUT2D eigenvalue weighted by Crippen LogP contribution is -2.35. The SMILES string of the molecule is CCCC(N)C(=O)Nc1ccc(Oc2ccncc2)cc1.Cl. The monoisotopic (exact) mass is 321 g/mol. The van der Waals surface area contributed by atoms with Crippen LogP contribution in [0, 0.1) is 0 Å². The van der Waals surface area contributed by atoms with Crippen molar-refractivity contribution in [1.82, 2.24) is 4.98 Å². The van der Waals surface area contributed by atoms with Crippen molar-refractivity contribution in [2.24, 2.45) is 5.73 Å². The smallest absolute Gasteiger partial charge is 0.241 e. The lowest BCUT2D eigenvalue weighted by Gasteiger charge is -2.11. The molecule has 0 aliphatic heterocycles. The minimum absolute atomic E-state index is 0. The number of halogens is 1. The average molecular weight is 322 g/mol. The van der Waals surface area contributed by atoms with Gasteiger partial charge < -0.3 is 15.8 Å². The first-order valence-corrected chi connectivity index (χ1v) is 6.93. The summed E-state index contributed by atoms with van der Waals surface area (Å²) < 4.78 is 5.65. The molecule has 1 aromatic carbocycles. The van der Waals surface area contributed by atoms with Crippen molar-refractivity contribution in [3.63, 3.8) is 0 Å². The quantitative estimate of drug-likeness (QED) is 0.855. The third kappa shape index (κ3) is 5.35. The number of carbonyl (C=O) groups is 1. The zero-order chi connectivity index (χ0) is 15.1. The number of hydrogen-bond donors (Lipinski definition) is 2. The fraction of sp³-hybridized carbons (Fsp3) is 0.250. The molecule has 2 rings (SSSR count). The lowest BCUT2D eigenvalue weighted by molar-refractivity contribution is -0.117. The molecule has 2 aromatic rings. The van der Waals surface area contributed by atoms with Crippen LogP contribution in [-0.4, -0.2) is 16.9 Å². The minimum atomic E-state index is -0.470. The van der Waals surface area contributed by atoms with Crippen LogP contribution in [0.15, 0.2) is 48.8 Å². The Hall–Kier alpha value is -2.11. The number of anilines is 1. The van der Waals surface area contributed by atoms with Gasteiger partial charge in [-0.25, -0.2) is 0 Å². The van der Waals surface area contributed by atoms with Crippen molar-refractivity contribution in [3.05, 3.63) is 48.8 Å². The van der Waals surface area contributed by atoms with Crippen molar-refractivity contribution in [3.8, 4) is 11.5 Å². The highest BCUT2D eigenvalue weighted by atomic mass is 35.5. The molecule has 6 heteroatoms. The van der Waals surface area contributed by atoms with Gasteiger partial charge in [0.1, 0.15) is 11.5 Å². The molecule has 0 bridgehead atoms. The number of pyridine rings is 1. The number of nitrogens with zero attached hydrogens (tertiary/aromatic N) is 1. The van der Waals surface area contributed by atoms with E-state index in [0.717, 1.165) is 6.42 Å². The fourth-order valence-electron chi connectivity index (χ4n) is 1.83. The molecule has 0 radical (unpaired) electrons. The predicted octanol–water partition coefficient (Wildman–Crippen LogP) is 3.36. The van der Waals surface area contributed by atoms with E-state index in [2.05, 4.69) is 10.3 Å². The second-order valence-electron chi connectivity index (χ2n) is 4.69. The standard InChI is InChI=1S/C16H19N3O2.ClH/c1-2-3-15(17)16(20)19-12-4-6-13(7-5-12)21-14-8-10-18-11-9-14;/h4-11,15H,2-3,17H2,1H3,(H,19,20);1H. The van der Waals surface area contributed by atoms with Crippen LogP contribution in [0.5, 0.6) is 11.5 Å². The van der Waals surface area contributed by atoms with Crippen LogP contribution in [0.1, 0.15) is 19.8 Å². The maximum absolute atomic E-state index is 11.8. The van der Waals surface area contributed by atoms with Crippen LogP contribution in [0.3, 0.4) is 0 Å². The van der Waals surface area contributed by atoms with Gasteiger partial charge in [0.25, 0.3) is 0 Å². The molecule has 1 heterocycles. The highest BCUT2D eigenvalue weighted by molar-refractivity contribution is 5.94. The molecule has 5 nitrogen and oxygen atoms in total. The van der Waals surface area contributed by atoms with E-state index in [1.165, 1.54) is 0 Å². The number of ether oxygens (including phenoxy) is 1. The normalized spacial score (nSPS) is 11.2. The highest BCUT2D eigenvalue weighted by Gasteiger charge is 2.12. The van der Waals surface area contributed by atoms with Crippen molar-refractivity contribution in [2.75, 3.05) is 5.32 Å². The summed E-state index contributed by atoms with van der Waals surface area (Å²) in [6.07, 6.45) is 4.89. The molecule has 22 heavy (non-hydrogen) atoms. The zero-order valence-corrected chi connectivity index (χ0v) is 13.2. The Morgan fingerprint density at radius 3 is 2.36 bits per heavy atom. The molecular weight excluding hydrogens is 302 g/mol.